The van der Waals surface area contributed by atoms with Gasteiger partial charge in [0.2, 0.25) is 0 Å². The number of thiophene rings is 1. The molecule has 1 aromatic carbocycles. The van der Waals surface area contributed by atoms with Crippen LogP contribution < -0.4 is 5.32 Å². The molecule has 2 aliphatic rings. The number of likely N-dealkylation sites (tertiary alicyclic amines) is 1. The van der Waals surface area contributed by atoms with Crippen LogP contribution in [-0.4, -0.2) is 55.2 Å². The summed E-state index contributed by atoms with van der Waals surface area (Å²) in [5, 5.41) is 5.28. The zero-order valence-corrected chi connectivity index (χ0v) is 17.1. The van der Waals surface area contributed by atoms with Crippen LogP contribution in [0.3, 0.4) is 0 Å². The molecule has 0 aliphatic carbocycles. The molecule has 0 radical (unpaired) electrons. The van der Waals surface area contributed by atoms with Crippen LogP contribution in [0.2, 0.25) is 0 Å². The van der Waals surface area contributed by atoms with Gasteiger partial charge in [-0.2, -0.15) is 0 Å². The number of carbonyl (C=O) groups is 1. The lowest BCUT2D eigenvalue weighted by Crippen LogP contribution is -2.43. The van der Waals surface area contributed by atoms with Crippen molar-refractivity contribution in [3.05, 3.63) is 57.8 Å². The summed E-state index contributed by atoms with van der Waals surface area (Å²) in [5.74, 6) is 0.438. The quantitative estimate of drug-likeness (QED) is 0.777. The number of nitrogens with zero attached hydrogens (tertiary/aromatic N) is 2. The summed E-state index contributed by atoms with van der Waals surface area (Å²) in [5.41, 5.74) is 2.66. The highest BCUT2D eigenvalue weighted by Gasteiger charge is 2.26. The molecule has 5 nitrogen and oxygen atoms in total. The summed E-state index contributed by atoms with van der Waals surface area (Å²) >= 11 is 1.86. The standard InChI is InChI=1S/C22H29N3O2S/c26-22(23-9-12-24-10-7-21-20(15-24)8-13-28-21)25-11-6-19(14-25)17-27-16-18-4-2-1-3-5-18/h1-5,8,13,19H,6-7,9-12,14-17H2,(H,23,26). The molecular weight excluding hydrogens is 370 g/mol. The molecule has 1 saturated heterocycles. The van der Waals surface area contributed by atoms with E-state index in [9.17, 15) is 4.79 Å². The Balaban J connectivity index is 1.11. The number of rotatable bonds is 7. The fourth-order valence-corrected chi connectivity index (χ4v) is 4.89. The molecule has 1 atom stereocenters. The van der Waals surface area contributed by atoms with Crippen molar-refractivity contribution < 1.29 is 9.53 Å². The van der Waals surface area contributed by atoms with Crippen molar-refractivity contribution in [2.75, 3.05) is 39.3 Å². The minimum absolute atomic E-state index is 0.0683. The lowest BCUT2D eigenvalue weighted by Gasteiger charge is -2.27. The molecule has 6 heteroatoms. The number of carbonyl (C=O) groups excluding carboxylic acids is 1. The van der Waals surface area contributed by atoms with Gasteiger partial charge in [0.15, 0.2) is 0 Å². The molecule has 2 aromatic rings. The van der Waals surface area contributed by atoms with Crippen LogP contribution in [0.4, 0.5) is 4.79 Å². The smallest absolute Gasteiger partial charge is 0.317 e. The topological polar surface area (TPSA) is 44.8 Å². The first kappa shape index (κ1) is 19.4. The average Bonchev–Trinajstić information content (AvgIpc) is 3.38. The summed E-state index contributed by atoms with van der Waals surface area (Å²) in [6.45, 7) is 6.71. The molecule has 1 fully saturated rings. The van der Waals surface area contributed by atoms with Crippen LogP contribution >= 0.6 is 11.3 Å². The minimum atomic E-state index is 0.0683. The predicted octanol–water partition coefficient (Wildman–Crippen LogP) is 3.35. The number of fused-ring (bicyclic) bond motifs is 1. The fraction of sp³-hybridized carbons (Fsp3) is 0.500. The highest BCUT2D eigenvalue weighted by molar-refractivity contribution is 7.10. The maximum absolute atomic E-state index is 12.4. The Morgan fingerprint density at radius 1 is 1.21 bits per heavy atom. The number of hydrogen-bond acceptors (Lipinski definition) is 4. The van der Waals surface area contributed by atoms with Crippen LogP contribution in [0, 0.1) is 5.92 Å². The van der Waals surface area contributed by atoms with Gasteiger partial charge >= 0.3 is 6.03 Å². The lowest BCUT2D eigenvalue weighted by atomic mass is 10.1. The van der Waals surface area contributed by atoms with Gasteiger partial charge in [-0.1, -0.05) is 30.3 Å². The van der Waals surface area contributed by atoms with E-state index in [1.54, 1.807) is 0 Å². The molecular formula is C22H29N3O2S. The minimum Gasteiger partial charge on any atom is -0.376 e. The Kier molecular flexibility index (Phi) is 6.62. The Hall–Kier alpha value is -1.89. The SMILES string of the molecule is O=C(NCCN1CCc2sccc2C1)N1CCC(COCc2ccccc2)C1. The molecule has 2 aliphatic heterocycles. The van der Waals surface area contributed by atoms with E-state index in [-0.39, 0.29) is 6.03 Å². The van der Waals surface area contributed by atoms with Gasteiger partial charge in [-0.25, -0.2) is 4.79 Å². The molecule has 150 valence electrons. The first-order valence-electron chi connectivity index (χ1n) is 10.2. The van der Waals surface area contributed by atoms with Gasteiger partial charge in [0, 0.05) is 50.1 Å². The Morgan fingerprint density at radius 2 is 2.11 bits per heavy atom. The fourth-order valence-electron chi connectivity index (χ4n) is 4.00. The van der Waals surface area contributed by atoms with Crippen molar-refractivity contribution in [1.82, 2.24) is 15.1 Å². The van der Waals surface area contributed by atoms with Gasteiger partial charge in [0.25, 0.3) is 0 Å². The monoisotopic (exact) mass is 399 g/mol. The summed E-state index contributed by atoms with van der Waals surface area (Å²) in [6.07, 6.45) is 2.16. The maximum atomic E-state index is 12.4. The van der Waals surface area contributed by atoms with Gasteiger partial charge in [0.1, 0.15) is 0 Å². The molecule has 28 heavy (non-hydrogen) atoms. The van der Waals surface area contributed by atoms with Gasteiger partial charge in [0.05, 0.1) is 13.2 Å². The molecule has 0 saturated carbocycles. The van der Waals surface area contributed by atoms with E-state index in [0.717, 1.165) is 52.2 Å². The van der Waals surface area contributed by atoms with E-state index in [2.05, 4.69) is 33.8 Å². The van der Waals surface area contributed by atoms with Crippen molar-refractivity contribution in [3.63, 3.8) is 0 Å². The third-order valence-corrected chi connectivity index (χ3v) is 6.65. The van der Waals surface area contributed by atoms with E-state index in [4.69, 9.17) is 4.74 Å². The zero-order chi connectivity index (χ0) is 19.2. The number of ether oxygens (including phenoxy) is 1. The molecule has 0 bridgehead atoms. The largest absolute Gasteiger partial charge is 0.376 e. The van der Waals surface area contributed by atoms with E-state index in [1.165, 1.54) is 16.0 Å². The van der Waals surface area contributed by atoms with Crippen molar-refractivity contribution >= 4 is 17.4 Å². The van der Waals surface area contributed by atoms with Crippen molar-refractivity contribution in [3.8, 4) is 0 Å². The second kappa shape index (κ2) is 9.54. The van der Waals surface area contributed by atoms with Gasteiger partial charge in [-0.15, -0.1) is 11.3 Å². The molecule has 0 spiro atoms. The lowest BCUT2D eigenvalue weighted by molar-refractivity contribution is 0.0897. The van der Waals surface area contributed by atoms with E-state index < -0.39 is 0 Å². The molecule has 3 heterocycles. The number of benzene rings is 1. The summed E-state index contributed by atoms with van der Waals surface area (Å²) in [4.78, 5) is 18.3. The molecule has 4 rings (SSSR count). The second-order valence-electron chi connectivity index (χ2n) is 7.73. The van der Waals surface area contributed by atoms with Gasteiger partial charge < -0.3 is 15.0 Å². The number of urea groups is 1. The molecule has 1 aromatic heterocycles. The van der Waals surface area contributed by atoms with Crippen LogP contribution in [0.5, 0.6) is 0 Å². The molecule has 1 unspecified atom stereocenters. The third kappa shape index (κ3) is 5.13. The van der Waals surface area contributed by atoms with Crippen LogP contribution in [0.25, 0.3) is 0 Å². The Bertz CT molecular complexity index is 764. The first-order valence-corrected chi connectivity index (χ1v) is 11.1. The highest BCUT2D eigenvalue weighted by Crippen LogP contribution is 2.23. The second-order valence-corrected chi connectivity index (χ2v) is 8.73. The summed E-state index contributed by atoms with van der Waals surface area (Å²) < 4.78 is 5.85. The Labute approximate surface area is 171 Å². The average molecular weight is 400 g/mol. The predicted molar refractivity (Wildman–Crippen MR) is 112 cm³/mol. The Morgan fingerprint density at radius 3 is 3.00 bits per heavy atom. The van der Waals surface area contributed by atoms with E-state index in [1.807, 2.05) is 34.4 Å². The highest BCUT2D eigenvalue weighted by atomic mass is 32.1. The normalized spacial score (nSPS) is 19.6. The maximum Gasteiger partial charge on any atom is 0.317 e. The van der Waals surface area contributed by atoms with Crippen molar-refractivity contribution in [2.45, 2.75) is 26.0 Å². The van der Waals surface area contributed by atoms with Gasteiger partial charge in [-0.05, 0) is 35.4 Å². The molecule has 1 N–H and O–H groups in total. The number of hydrogen-bond donors (Lipinski definition) is 1. The zero-order valence-electron chi connectivity index (χ0n) is 16.3. The van der Waals surface area contributed by atoms with E-state index in [0.29, 0.717) is 19.1 Å². The number of nitrogens with one attached hydrogen (secondary N) is 1. The van der Waals surface area contributed by atoms with Crippen LogP contribution in [-0.2, 0) is 24.3 Å². The van der Waals surface area contributed by atoms with Crippen molar-refractivity contribution in [2.24, 2.45) is 5.92 Å². The van der Waals surface area contributed by atoms with Crippen LogP contribution in [0.1, 0.15) is 22.4 Å². The molecule has 2 amide bonds. The van der Waals surface area contributed by atoms with Crippen molar-refractivity contribution in [1.29, 1.82) is 0 Å². The van der Waals surface area contributed by atoms with E-state index >= 15 is 0 Å². The third-order valence-electron chi connectivity index (χ3n) is 5.63. The van der Waals surface area contributed by atoms with Gasteiger partial charge in [-0.3, -0.25) is 4.90 Å². The summed E-state index contributed by atoms with van der Waals surface area (Å²) in [7, 11) is 0. The summed E-state index contributed by atoms with van der Waals surface area (Å²) in [6, 6.07) is 12.5. The first-order chi connectivity index (χ1) is 13.8. The number of amides is 2. The van der Waals surface area contributed by atoms with Crippen LogP contribution in [0.15, 0.2) is 41.8 Å².